The van der Waals surface area contributed by atoms with Crippen molar-refractivity contribution in [2.24, 2.45) is 5.10 Å². The Kier molecular flexibility index (Phi) is 7.41. The fourth-order valence-electron chi connectivity index (χ4n) is 2.43. The Labute approximate surface area is 155 Å². The van der Waals surface area contributed by atoms with Crippen molar-refractivity contribution in [3.05, 3.63) is 59.7 Å². The number of rotatable bonds is 7. The van der Waals surface area contributed by atoms with Crippen molar-refractivity contribution in [3.63, 3.8) is 0 Å². The summed E-state index contributed by atoms with van der Waals surface area (Å²) in [5.74, 6) is 0. The van der Waals surface area contributed by atoms with Crippen LogP contribution in [-0.2, 0) is 6.42 Å². The van der Waals surface area contributed by atoms with Gasteiger partial charge in [-0.15, -0.1) is 0 Å². The largest absolute Gasteiger partial charge is 0.375 e. The molecule has 0 aliphatic heterocycles. The summed E-state index contributed by atoms with van der Waals surface area (Å²) in [6.45, 7) is 5.37. The van der Waals surface area contributed by atoms with E-state index in [4.69, 9.17) is 12.2 Å². The van der Waals surface area contributed by atoms with Gasteiger partial charge in [-0.1, -0.05) is 38.1 Å². The molecule has 0 saturated carbocycles. The summed E-state index contributed by atoms with van der Waals surface area (Å²) in [4.78, 5) is 2.24. The second kappa shape index (κ2) is 9.79. The minimum absolute atomic E-state index is 0.472. The Bertz CT molecular complexity index is 693. The molecule has 0 unspecified atom stereocenters. The zero-order valence-electron chi connectivity index (χ0n) is 15.1. The van der Waals surface area contributed by atoms with Crippen LogP contribution >= 0.6 is 12.2 Å². The van der Waals surface area contributed by atoms with E-state index >= 15 is 0 Å². The molecule has 0 radical (unpaired) electrons. The molecular weight excluding hydrogens is 328 g/mol. The maximum Gasteiger partial charge on any atom is 0.191 e. The van der Waals surface area contributed by atoms with Crippen LogP contribution in [0.1, 0.15) is 31.4 Å². The van der Waals surface area contributed by atoms with Crippen molar-refractivity contribution in [3.8, 4) is 0 Å². The zero-order valence-corrected chi connectivity index (χ0v) is 15.9. The first-order chi connectivity index (χ1) is 12.1. The van der Waals surface area contributed by atoms with E-state index < -0.39 is 0 Å². The van der Waals surface area contributed by atoms with E-state index in [1.54, 1.807) is 6.21 Å². The van der Waals surface area contributed by atoms with Gasteiger partial charge in [0.1, 0.15) is 0 Å². The third-order valence-electron chi connectivity index (χ3n) is 3.89. The Morgan fingerprint density at radius 3 is 2.36 bits per heavy atom. The molecule has 0 spiro atoms. The summed E-state index contributed by atoms with van der Waals surface area (Å²) in [5.41, 5.74) is 7.33. The van der Waals surface area contributed by atoms with Crippen LogP contribution in [0.3, 0.4) is 0 Å². The first-order valence-electron chi connectivity index (χ1n) is 8.62. The van der Waals surface area contributed by atoms with Gasteiger partial charge in [0, 0.05) is 25.0 Å². The van der Waals surface area contributed by atoms with Crippen LogP contribution in [0, 0.1) is 0 Å². The number of nitrogens with zero attached hydrogens (tertiary/aromatic N) is 2. The average Bonchev–Trinajstić information content (AvgIpc) is 2.63. The normalized spacial score (nSPS) is 10.7. The van der Waals surface area contributed by atoms with Crippen molar-refractivity contribution in [2.45, 2.75) is 26.7 Å². The van der Waals surface area contributed by atoms with Gasteiger partial charge in [0.15, 0.2) is 5.11 Å². The summed E-state index contributed by atoms with van der Waals surface area (Å²) < 4.78 is 0. The zero-order chi connectivity index (χ0) is 18.1. The van der Waals surface area contributed by atoms with Crippen LogP contribution < -0.4 is 15.6 Å². The van der Waals surface area contributed by atoms with Crippen molar-refractivity contribution in [2.75, 3.05) is 23.8 Å². The number of anilines is 2. The van der Waals surface area contributed by atoms with Gasteiger partial charge < -0.3 is 10.2 Å². The third kappa shape index (κ3) is 6.19. The van der Waals surface area contributed by atoms with E-state index in [9.17, 15) is 0 Å². The Balaban J connectivity index is 1.84. The lowest BCUT2D eigenvalue weighted by Gasteiger charge is -2.18. The molecule has 5 heteroatoms. The fourth-order valence-corrected chi connectivity index (χ4v) is 2.60. The smallest absolute Gasteiger partial charge is 0.191 e. The van der Waals surface area contributed by atoms with Crippen molar-refractivity contribution in [1.82, 2.24) is 5.43 Å². The third-order valence-corrected chi connectivity index (χ3v) is 4.09. The molecule has 2 aromatic rings. The van der Waals surface area contributed by atoms with Crippen LogP contribution in [0.25, 0.3) is 0 Å². The number of thiocarbonyl (C=S) groups is 1. The summed E-state index contributed by atoms with van der Waals surface area (Å²) in [6.07, 6.45) is 3.92. The first kappa shape index (κ1) is 18.9. The molecule has 0 aliphatic carbocycles. The number of hydrogen-bond donors (Lipinski definition) is 2. The summed E-state index contributed by atoms with van der Waals surface area (Å²) in [6, 6.07) is 16.5. The molecule has 2 rings (SSSR count). The molecule has 132 valence electrons. The molecule has 0 bridgehead atoms. The molecule has 25 heavy (non-hydrogen) atoms. The highest BCUT2D eigenvalue weighted by Gasteiger charge is 1.99. The lowest BCUT2D eigenvalue weighted by Crippen LogP contribution is -2.23. The Morgan fingerprint density at radius 1 is 1.08 bits per heavy atom. The Hall–Kier alpha value is -2.40. The number of hydrogen-bond acceptors (Lipinski definition) is 3. The predicted octanol–water partition coefficient (Wildman–Crippen LogP) is 4.42. The molecule has 0 amide bonds. The molecule has 0 saturated heterocycles. The van der Waals surface area contributed by atoms with Crippen LogP contribution in [0.5, 0.6) is 0 Å². The monoisotopic (exact) mass is 354 g/mol. The second-order valence-electron chi connectivity index (χ2n) is 5.89. The van der Waals surface area contributed by atoms with E-state index in [2.05, 4.69) is 65.9 Å². The molecule has 2 aromatic carbocycles. The summed E-state index contributed by atoms with van der Waals surface area (Å²) >= 11 is 5.25. The van der Waals surface area contributed by atoms with Gasteiger partial charge in [-0.2, -0.15) is 5.10 Å². The molecule has 0 atom stereocenters. The van der Waals surface area contributed by atoms with Crippen LogP contribution in [0.15, 0.2) is 53.6 Å². The highest BCUT2D eigenvalue weighted by molar-refractivity contribution is 7.80. The van der Waals surface area contributed by atoms with Gasteiger partial charge >= 0.3 is 0 Å². The summed E-state index contributed by atoms with van der Waals surface area (Å²) in [5, 5.41) is 7.78. The SMILES string of the molecule is CCCN(C)c1ccc(/C=N/NC(=S)Nc2ccc(CC)cc2)cc1. The van der Waals surface area contributed by atoms with Crippen molar-refractivity contribution in [1.29, 1.82) is 0 Å². The quantitative estimate of drug-likeness (QED) is 0.439. The lowest BCUT2D eigenvalue weighted by atomic mass is 10.1. The van der Waals surface area contributed by atoms with Crippen LogP contribution in [-0.4, -0.2) is 24.9 Å². The van der Waals surface area contributed by atoms with E-state index in [0.29, 0.717) is 5.11 Å². The maximum absolute atomic E-state index is 5.25. The number of hydrazone groups is 1. The van der Waals surface area contributed by atoms with E-state index in [1.807, 2.05) is 24.3 Å². The van der Waals surface area contributed by atoms with Gasteiger partial charge in [-0.25, -0.2) is 0 Å². The summed E-state index contributed by atoms with van der Waals surface area (Å²) in [7, 11) is 2.10. The van der Waals surface area contributed by atoms with Crippen molar-refractivity contribution < 1.29 is 0 Å². The molecular formula is C20H26N4S. The minimum Gasteiger partial charge on any atom is -0.375 e. The van der Waals surface area contributed by atoms with Gasteiger partial charge in [-0.05, 0) is 60.5 Å². The molecule has 0 aliphatic rings. The van der Waals surface area contributed by atoms with Crippen molar-refractivity contribution >= 4 is 34.9 Å². The molecule has 4 nitrogen and oxygen atoms in total. The maximum atomic E-state index is 5.25. The van der Waals surface area contributed by atoms with E-state index in [-0.39, 0.29) is 0 Å². The van der Waals surface area contributed by atoms with Gasteiger partial charge in [0.2, 0.25) is 0 Å². The molecule has 0 fully saturated rings. The van der Waals surface area contributed by atoms with Gasteiger partial charge in [0.05, 0.1) is 6.21 Å². The lowest BCUT2D eigenvalue weighted by molar-refractivity contribution is 0.852. The number of nitrogens with one attached hydrogen (secondary N) is 2. The molecule has 0 heterocycles. The minimum atomic E-state index is 0.472. The predicted molar refractivity (Wildman–Crippen MR) is 113 cm³/mol. The molecule has 0 aromatic heterocycles. The second-order valence-corrected chi connectivity index (χ2v) is 6.30. The standard InChI is InChI=1S/C20H26N4S/c1-4-14-24(3)19-12-8-17(9-13-19)15-21-23-20(25)22-18-10-6-16(5-2)7-11-18/h6-13,15H,4-5,14H2,1-3H3,(H2,22,23,25)/b21-15+. The van der Waals surface area contributed by atoms with Gasteiger partial charge in [-0.3, -0.25) is 5.43 Å². The topological polar surface area (TPSA) is 39.7 Å². The average molecular weight is 355 g/mol. The fraction of sp³-hybridized carbons (Fsp3) is 0.300. The van der Waals surface area contributed by atoms with Crippen LogP contribution in [0.2, 0.25) is 0 Å². The first-order valence-corrected chi connectivity index (χ1v) is 9.03. The Morgan fingerprint density at radius 2 is 1.76 bits per heavy atom. The van der Waals surface area contributed by atoms with E-state index in [1.165, 1.54) is 11.3 Å². The highest BCUT2D eigenvalue weighted by atomic mass is 32.1. The number of benzene rings is 2. The molecule has 2 N–H and O–H groups in total. The van der Waals surface area contributed by atoms with E-state index in [0.717, 1.165) is 30.6 Å². The highest BCUT2D eigenvalue weighted by Crippen LogP contribution is 2.13. The number of aryl methyl sites for hydroxylation is 1. The van der Waals surface area contributed by atoms with Gasteiger partial charge in [0.25, 0.3) is 0 Å². The van der Waals surface area contributed by atoms with Crippen LogP contribution in [0.4, 0.5) is 11.4 Å².